The van der Waals surface area contributed by atoms with Crippen LogP contribution in [-0.2, 0) is 11.3 Å². The fourth-order valence-electron chi connectivity index (χ4n) is 2.21. The molecule has 1 amide bonds. The molecule has 1 N–H and O–H groups in total. The summed E-state index contributed by atoms with van der Waals surface area (Å²) in [6.07, 6.45) is -3.21. The van der Waals surface area contributed by atoms with Gasteiger partial charge in [0.1, 0.15) is 12.2 Å². The third-order valence-corrected chi connectivity index (χ3v) is 3.37. The quantitative estimate of drug-likeness (QED) is 0.928. The topological polar surface area (TPSA) is 49.8 Å². The van der Waals surface area contributed by atoms with Crippen molar-refractivity contribution in [2.75, 3.05) is 13.1 Å². The van der Waals surface area contributed by atoms with Crippen molar-refractivity contribution in [2.24, 2.45) is 0 Å². The fraction of sp³-hybridized carbons (Fsp3) is 0.500. The van der Waals surface area contributed by atoms with Gasteiger partial charge >= 0.3 is 6.09 Å². The van der Waals surface area contributed by atoms with Gasteiger partial charge in [-0.2, -0.15) is 0 Å². The van der Waals surface area contributed by atoms with Crippen LogP contribution in [0.5, 0.6) is 0 Å². The number of hydrogen-bond donors (Lipinski definition) is 1. The number of halogens is 2. The van der Waals surface area contributed by atoms with E-state index in [0.29, 0.717) is 13.0 Å². The largest absolute Gasteiger partial charge is 0.445 e. The molecular formula is C14H17F2NO3. The van der Waals surface area contributed by atoms with Gasteiger partial charge in [0.25, 0.3) is 6.43 Å². The number of rotatable bonds is 3. The van der Waals surface area contributed by atoms with Crippen molar-refractivity contribution >= 4 is 6.09 Å². The summed E-state index contributed by atoms with van der Waals surface area (Å²) in [5, 5.41) is 9.75. The molecule has 0 bridgehead atoms. The van der Waals surface area contributed by atoms with E-state index in [9.17, 15) is 18.7 Å². The summed E-state index contributed by atoms with van der Waals surface area (Å²) in [6, 6.07) is 9.09. The maximum absolute atomic E-state index is 12.8. The lowest BCUT2D eigenvalue weighted by molar-refractivity contribution is -0.127. The lowest BCUT2D eigenvalue weighted by Crippen LogP contribution is -2.54. The van der Waals surface area contributed by atoms with E-state index in [1.54, 1.807) is 12.1 Å². The Hall–Kier alpha value is -1.69. The van der Waals surface area contributed by atoms with E-state index in [4.69, 9.17) is 4.74 Å². The van der Waals surface area contributed by atoms with Crippen LogP contribution >= 0.6 is 0 Å². The van der Waals surface area contributed by atoms with Crippen molar-refractivity contribution in [3.05, 3.63) is 35.9 Å². The molecule has 1 aliphatic rings. The van der Waals surface area contributed by atoms with E-state index in [0.717, 1.165) is 10.5 Å². The van der Waals surface area contributed by atoms with E-state index in [-0.39, 0.29) is 13.0 Å². The first-order valence-electron chi connectivity index (χ1n) is 6.47. The first-order valence-corrected chi connectivity index (χ1v) is 6.47. The third-order valence-electron chi connectivity index (χ3n) is 3.37. The van der Waals surface area contributed by atoms with Gasteiger partial charge in [0.05, 0.1) is 6.54 Å². The maximum atomic E-state index is 12.8. The first-order chi connectivity index (χ1) is 9.51. The van der Waals surface area contributed by atoms with Gasteiger partial charge < -0.3 is 14.7 Å². The normalized spacial score (nSPS) is 22.9. The van der Waals surface area contributed by atoms with Crippen LogP contribution in [0.15, 0.2) is 30.3 Å². The van der Waals surface area contributed by atoms with Gasteiger partial charge in [-0.05, 0) is 18.4 Å². The number of ether oxygens (including phenoxy) is 1. The van der Waals surface area contributed by atoms with Crippen LogP contribution in [0.1, 0.15) is 18.4 Å². The molecule has 0 radical (unpaired) electrons. The molecule has 1 aliphatic heterocycles. The molecule has 1 saturated heterocycles. The lowest BCUT2D eigenvalue weighted by Gasteiger charge is -2.37. The Labute approximate surface area is 116 Å². The van der Waals surface area contributed by atoms with Crippen LogP contribution in [-0.4, -0.2) is 41.2 Å². The monoisotopic (exact) mass is 285 g/mol. The molecule has 2 rings (SSSR count). The molecule has 1 fully saturated rings. The van der Waals surface area contributed by atoms with Gasteiger partial charge in [-0.3, -0.25) is 0 Å². The highest BCUT2D eigenvalue weighted by atomic mass is 19.3. The molecule has 0 aliphatic carbocycles. The zero-order chi connectivity index (χ0) is 14.6. The summed E-state index contributed by atoms with van der Waals surface area (Å²) >= 11 is 0. The number of piperidine rings is 1. The highest BCUT2D eigenvalue weighted by Crippen LogP contribution is 2.27. The van der Waals surface area contributed by atoms with Crippen molar-refractivity contribution in [3.63, 3.8) is 0 Å². The molecule has 0 spiro atoms. The molecule has 110 valence electrons. The minimum absolute atomic E-state index is 0.00681. The van der Waals surface area contributed by atoms with Gasteiger partial charge in [-0.1, -0.05) is 30.3 Å². The van der Waals surface area contributed by atoms with Crippen molar-refractivity contribution in [1.82, 2.24) is 4.90 Å². The zero-order valence-electron chi connectivity index (χ0n) is 11.0. The second-order valence-corrected chi connectivity index (χ2v) is 4.97. The van der Waals surface area contributed by atoms with Gasteiger partial charge in [0.2, 0.25) is 0 Å². The second kappa shape index (κ2) is 6.17. The highest BCUT2D eigenvalue weighted by molar-refractivity contribution is 5.68. The number of amides is 1. The molecular weight excluding hydrogens is 268 g/mol. The smallest absolute Gasteiger partial charge is 0.410 e. The van der Waals surface area contributed by atoms with Crippen molar-refractivity contribution in [3.8, 4) is 0 Å². The Balaban J connectivity index is 1.89. The number of β-amino-alcohol motifs (C(OH)–C–C–N with tert-alkyl or cyclic N) is 1. The molecule has 1 aromatic rings. The van der Waals surface area contributed by atoms with E-state index in [2.05, 4.69) is 0 Å². The summed E-state index contributed by atoms with van der Waals surface area (Å²) in [5.74, 6) is 0. The van der Waals surface area contributed by atoms with Crippen molar-refractivity contribution in [1.29, 1.82) is 0 Å². The number of carbonyl (C=O) groups excluding carboxylic acids is 1. The van der Waals surface area contributed by atoms with Crippen molar-refractivity contribution < 1.29 is 23.4 Å². The fourth-order valence-corrected chi connectivity index (χ4v) is 2.21. The van der Waals surface area contributed by atoms with Gasteiger partial charge in [-0.15, -0.1) is 0 Å². The molecule has 1 atom stereocenters. The van der Waals surface area contributed by atoms with Crippen LogP contribution in [0.25, 0.3) is 0 Å². The number of carbonyl (C=O) groups is 1. The Morgan fingerprint density at radius 3 is 2.75 bits per heavy atom. The molecule has 1 aromatic carbocycles. The minimum atomic E-state index is -2.87. The maximum Gasteiger partial charge on any atom is 0.410 e. The Bertz CT molecular complexity index is 455. The second-order valence-electron chi connectivity index (χ2n) is 4.97. The first kappa shape index (κ1) is 14.7. The highest BCUT2D eigenvalue weighted by Gasteiger charge is 2.43. The number of aliphatic hydroxyl groups is 1. The van der Waals surface area contributed by atoms with Gasteiger partial charge in [-0.25, -0.2) is 13.6 Å². The third kappa shape index (κ3) is 3.45. The number of nitrogens with zero attached hydrogens (tertiary/aromatic N) is 1. The minimum Gasteiger partial charge on any atom is -0.445 e. The average Bonchev–Trinajstić information content (AvgIpc) is 2.46. The molecule has 4 nitrogen and oxygen atoms in total. The SMILES string of the molecule is O=C(OCc1ccccc1)N1CCCC(O)(C(F)F)C1. The predicted molar refractivity (Wildman–Crippen MR) is 68.4 cm³/mol. The molecule has 0 saturated carbocycles. The van der Waals surface area contributed by atoms with Gasteiger partial charge in [0, 0.05) is 6.54 Å². The summed E-state index contributed by atoms with van der Waals surface area (Å²) in [7, 11) is 0. The van der Waals surface area contributed by atoms with E-state index >= 15 is 0 Å². The summed E-state index contributed by atoms with van der Waals surface area (Å²) in [6.45, 7) is 0.0181. The zero-order valence-corrected chi connectivity index (χ0v) is 11.0. The van der Waals surface area contributed by atoms with Crippen LogP contribution < -0.4 is 0 Å². The molecule has 20 heavy (non-hydrogen) atoms. The van der Waals surface area contributed by atoms with E-state index in [1.165, 1.54) is 0 Å². The van der Waals surface area contributed by atoms with Crippen LogP contribution in [0.3, 0.4) is 0 Å². The number of benzene rings is 1. The molecule has 6 heteroatoms. The van der Waals surface area contributed by atoms with Crippen molar-refractivity contribution in [2.45, 2.75) is 31.5 Å². The lowest BCUT2D eigenvalue weighted by atomic mass is 9.94. The average molecular weight is 285 g/mol. The van der Waals surface area contributed by atoms with Crippen LogP contribution in [0, 0.1) is 0 Å². The molecule has 1 heterocycles. The van der Waals surface area contributed by atoms with Crippen LogP contribution in [0.4, 0.5) is 13.6 Å². The summed E-state index contributed by atoms with van der Waals surface area (Å²) in [4.78, 5) is 13.0. The number of hydrogen-bond acceptors (Lipinski definition) is 3. The Morgan fingerprint density at radius 1 is 1.40 bits per heavy atom. The van der Waals surface area contributed by atoms with E-state index < -0.39 is 24.7 Å². The van der Waals surface area contributed by atoms with Gasteiger partial charge in [0.15, 0.2) is 0 Å². The van der Waals surface area contributed by atoms with Crippen LogP contribution in [0.2, 0.25) is 0 Å². The number of likely N-dealkylation sites (tertiary alicyclic amines) is 1. The molecule has 0 aromatic heterocycles. The standard InChI is InChI=1S/C14H17F2NO3/c15-12(16)14(19)7-4-8-17(10-14)13(18)20-9-11-5-2-1-3-6-11/h1-3,5-6,12,19H,4,7-10H2. The molecule has 1 unspecified atom stereocenters. The summed E-state index contributed by atoms with van der Waals surface area (Å²) < 4.78 is 30.6. The Kier molecular flexibility index (Phi) is 4.54. The summed E-state index contributed by atoms with van der Waals surface area (Å²) in [5.41, 5.74) is -1.30. The predicted octanol–water partition coefficient (Wildman–Crippen LogP) is 2.42. The number of alkyl halides is 2. The Morgan fingerprint density at radius 2 is 2.10 bits per heavy atom. The van der Waals surface area contributed by atoms with E-state index in [1.807, 2.05) is 18.2 Å².